The van der Waals surface area contributed by atoms with Crippen molar-refractivity contribution in [2.45, 2.75) is 4.90 Å². The first-order valence-corrected chi connectivity index (χ1v) is 7.71. The standard InChI is InChI=1S/C14H13FN2O4S/c15-12-3-1-2-4-13(12)21-9-14(18)17-10-5-7-11(8-6-10)22(16,19)20/h1-8H,9H2,(H,17,18)(H2,16,19,20). The molecule has 0 bridgehead atoms. The molecule has 1 amide bonds. The molecule has 0 saturated carbocycles. The minimum Gasteiger partial charge on any atom is -0.481 e. The van der Waals surface area contributed by atoms with Gasteiger partial charge in [0.2, 0.25) is 10.0 Å². The average molecular weight is 324 g/mol. The number of amides is 1. The summed E-state index contributed by atoms with van der Waals surface area (Å²) in [4.78, 5) is 11.6. The summed E-state index contributed by atoms with van der Waals surface area (Å²) in [7, 11) is -3.78. The highest BCUT2D eigenvalue weighted by molar-refractivity contribution is 7.89. The lowest BCUT2D eigenvalue weighted by Crippen LogP contribution is -2.20. The number of hydrogen-bond acceptors (Lipinski definition) is 4. The molecule has 6 nitrogen and oxygen atoms in total. The van der Waals surface area contributed by atoms with E-state index < -0.39 is 21.7 Å². The second-order valence-electron chi connectivity index (χ2n) is 4.34. The number of nitrogens with two attached hydrogens (primary N) is 1. The molecule has 116 valence electrons. The van der Waals surface area contributed by atoms with Gasteiger partial charge in [0.05, 0.1) is 4.90 Å². The monoisotopic (exact) mass is 324 g/mol. The normalized spacial score (nSPS) is 11.0. The number of sulfonamides is 1. The number of rotatable bonds is 5. The van der Waals surface area contributed by atoms with Crippen LogP contribution < -0.4 is 15.2 Å². The Morgan fingerprint density at radius 3 is 2.36 bits per heavy atom. The number of halogens is 1. The molecule has 0 aromatic heterocycles. The number of carbonyl (C=O) groups excluding carboxylic acids is 1. The van der Waals surface area contributed by atoms with E-state index in [2.05, 4.69) is 5.32 Å². The van der Waals surface area contributed by atoms with E-state index in [9.17, 15) is 17.6 Å². The Bertz CT molecular complexity index is 776. The van der Waals surface area contributed by atoms with Gasteiger partial charge in [-0.25, -0.2) is 17.9 Å². The van der Waals surface area contributed by atoms with Gasteiger partial charge in [-0.2, -0.15) is 0 Å². The third-order valence-electron chi connectivity index (χ3n) is 2.66. The Hall–Kier alpha value is -2.45. The Balaban J connectivity index is 1.94. The van der Waals surface area contributed by atoms with E-state index in [1.807, 2.05) is 0 Å². The van der Waals surface area contributed by atoms with Crippen LogP contribution in [0.3, 0.4) is 0 Å². The number of benzene rings is 2. The molecule has 2 aromatic carbocycles. The van der Waals surface area contributed by atoms with Crippen molar-refractivity contribution in [1.82, 2.24) is 0 Å². The van der Waals surface area contributed by atoms with Gasteiger partial charge in [0, 0.05) is 5.69 Å². The van der Waals surface area contributed by atoms with Gasteiger partial charge in [0.25, 0.3) is 5.91 Å². The topological polar surface area (TPSA) is 98.5 Å². The molecule has 8 heteroatoms. The summed E-state index contributed by atoms with van der Waals surface area (Å²) < 4.78 is 40.5. The lowest BCUT2D eigenvalue weighted by atomic mass is 10.3. The Kier molecular flexibility index (Phi) is 4.74. The molecule has 0 aliphatic rings. The fourth-order valence-electron chi connectivity index (χ4n) is 1.63. The van der Waals surface area contributed by atoms with Crippen LogP contribution in [0.5, 0.6) is 5.75 Å². The number of primary sulfonamides is 1. The molecule has 3 N–H and O–H groups in total. The highest BCUT2D eigenvalue weighted by Gasteiger charge is 2.09. The predicted molar refractivity (Wildman–Crippen MR) is 78.3 cm³/mol. The zero-order chi connectivity index (χ0) is 16.2. The molecular formula is C14H13FN2O4S. The summed E-state index contributed by atoms with van der Waals surface area (Å²) in [6.07, 6.45) is 0. The first-order chi connectivity index (χ1) is 10.4. The van der Waals surface area contributed by atoms with Gasteiger partial charge in [-0.3, -0.25) is 4.79 Å². The minimum atomic E-state index is -3.78. The van der Waals surface area contributed by atoms with Gasteiger partial charge < -0.3 is 10.1 Å². The molecule has 0 saturated heterocycles. The zero-order valence-electron chi connectivity index (χ0n) is 11.3. The van der Waals surface area contributed by atoms with Crippen molar-refractivity contribution in [3.8, 4) is 5.75 Å². The van der Waals surface area contributed by atoms with E-state index in [0.29, 0.717) is 5.69 Å². The van der Waals surface area contributed by atoms with Crippen LogP contribution in [0, 0.1) is 5.82 Å². The second kappa shape index (κ2) is 6.54. The highest BCUT2D eigenvalue weighted by Crippen LogP contribution is 2.16. The summed E-state index contributed by atoms with van der Waals surface area (Å²) in [5, 5.41) is 7.45. The number of carbonyl (C=O) groups is 1. The smallest absolute Gasteiger partial charge is 0.262 e. The quantitative estimate of drug-likeness (QED) is 0.870. The molecule has 0 aliphatic carbocycles. The van der Waals surface area contributed by atoms with Gasteiger partial charge in [0.1, 0.15) is 0 Å². The molecule has 0 spiro atoms. The number of nitrogens with one attached hydrogen (secondary N) is 1. The zero-order valence-corrected chi connectivity index (χ0v) is 12.1. The Morgan fingerprint density at radius 1 is 1.14 bits per heavy atom. The van der Waals surface area contributed by atoms with Gasteiger partial charge in [-0.05, 0) is 36.4 Å². The molecule has 22 heavy (non-hydrogen) atoms. The maximum absolute atomic E-state index is 13.3. The van der Waals surface area contributed by atoms with Crippen LogP contribution in [0.2, 0.25) is 0 Å². The van der Waals surface area contributed by atoms with E-state index in [-0.39, 0.29) is 17.3 Å². The maximum atomic E-state index is 13.3. The van der Waals surface area contributed by atoms with Crippen molar-refractivity contribution < 1.29 is 22.3 Å². The molecule has 0 heterocycles. The van der Waals surface area contributed by atoms with E-state index in [0.717, 1.165) is 0 Å². The highest BCUT2D eigenvalue weighted by atomic mass is 32.2. The number of para-hydroxylation sites is 1. The molecule has 0 radical (unpaired) electrons. The van der Waals surface area contributed by atoms with Crippen LogP contribution in [0.25, 0.3) is 0 Å². The summed E-state index contributed by atoms with van der Waals surface area (Å²) in [6, 6.07) is 11.0. The van der Waals surface area contributed by atoms with Crippen molar-refractivity contribution in [1.29, 1.82) is 0 Å². The second-order valence-corrected chi connectivity index (χ2v) is 5.90. The summed E-state index contributed by atoms with van der Waals surface area (Å²) in [5.74, 6) is -1.10. The van der Waals surface area contributed by atoms with E-state index in [4.69, 9.17) is 9.88 Å². The molecule has 0 atom stereocenters. The third-order valence-corrected chi connectivity index (χ3v) is 3.59. The average Bonchev–Trinajstić information content (AvgIpc) is 2.46. The molecule has 0 aliphatic heterocycles. The first kappa shape index (κ1) is 15.9. The molecule has 0 fully saturated rings. The summed E-state index contributed by atoms with van der Waals surface area (Å²) in [6.45, 7) is -0.377. The summed E-state index contributed by atoms with van der Waals surface area (Å²) in [5.41, 5.74) is 0.370. The van der Waals surface area contributed by atoms with Crippen LogP contribution in [0.4, 0.5) is 10.1 Å². The van der Waals surface area contributed by atoms with Crippen LogP contribution in [-0.4, -0.2) is 20.9 Å². The SMILES string of the molecule is NS(=O)(=O)c1ccc(NC(=O)COc2ccccc2F)cc1. The van der Waals surface area contributed by atoms with Crippen LogP contribution in [-0.2, 0) is 14.8 Å². The number of hydrogen-bond donors (Lipinski definition) is 2. The van der Waals surface area contributed by atoms with E-state index >= 15 is 0 Å². The summed E-state index contributed by atoms with van der Waals surface area (Å²) >= 11 is 0. The fraction of sp³-hybridized carbons (Fsp3) is 0.0714. The van der Waals surface area contributed by atoms with Gasteiger partial charge in [0.15, 0.2) is 18.2 Å². The minimum absolute atomic E-state index is 0.0257. The van der Waals surface area contributed by atoms with E-state index in [1.54, 1.807) is 6.07 Å². The van der Waals surface area contributed by atoms with Crippen molar-refractivity contribution in [2.24, 2.45) is 5.14 Å². The number of ether oxygens (including phenoxy) is 1. The lowest BCUT2D eigenvalue weighted by Gasteiger charge is -2.08. The van der Waals surface area contributed by atoms with Crippen molar-refractivity contribution in [2.75, 3.05) is 11.9 Å². The van der Waals surface area contributed by atoms with Crippen molar-refractivity contribution in [3.05, 3.63) is 54.3 Å². The number of anilines is 1. The largest absolute Gasteiger partial charge is 0.481 e. The van der Waals surface area contributed by atoms with Gasteiger partial charge >= 0.3 is 0 Å². The van der Waals surface area contributed by atoms with Crippen molar-refractivity contribution >= 4 is 21.6 Å². The predicted octanol–water partition coefficient (Wildman–Crippen LogP) is 1.49. The maximum Gasteiger partial charge on any atom is 0.262 e. The molecule has 2 rings (SSSR count). The van der Waals surface area contributed by atoms with Gasteiger partial charge in [-0.15, -0.1) is 0 Å². The van der Waals surface area contributed by atoms with Crippen LogP contribution >= 0.6 is 0 Å². The first-order valence-electron chi connectivity index (χ1n) is 6.16. The lowest BCUT2D eigenvalue weighted by molar-refractivity contribution is -0.118. The van der Waals surface area contributed by atoms with Gasteiger partial charge in [-0.1, -0.05) is 12.1 Å². The van der Waals surface area contributed by atoms with E-state index in [1.165, 1.54) is 42.5 Å². The Labute approximate surface area is 126 Å². The fourth-order valence-corrected chi connectivity index (χ4v) is 2.15. The molecule has 2 aromatic rings. The Morgan fingerprint density at radius 2 is 1.77 bits per heavy atom. The van der Waals surface area contributed by atoms with Crippen molar-refractivity contribution in [3.63, 3.8) is 0 Å². The molecular weight excluding hydrogens is 311 g/mol. The third kappa shape index (κ3) is 4.27. The van der Waals surface area contributed by atoms with Crippen LogP contribution in [0.1, 0.15) is 0 Å². The molecule has 0 unspecified atom stereocenters. The van der Waals surface area contributed by atoms with Crippen LogP contribution in [0.15, 0.2) is 53.4 Å².